The van der Waals surface area contributed by atoms with Crippen LogP contribution in [0.4, 0.5) is 13.6 Å². The number of rotatable bonds is 1. The molecule has 0 aliphatic carbocycles. The summed E-state index contributed by atoms with van der Waals surface area (Å²) in [5.74, 6) is -2.97. The largest absolute Gasteiger partial charge is 0.444 e. The maximum Gasteiger partial charge on any atom is 0.411 e. The van der Waals surface area contributed by atoms with E-state index in [1.165, 1.54) is 0 Å². The molecule has 0 aromatic carbocycles. The van der Waals surface area contributed by atoms with Crippen molar-refractivity contribution in [3.63, 3.8) is 0 Å². The first kappa shape index (κ1) is 14.1. The van der Waals surface area contributed by atoms with Gasteiger partial charge in [-0.3, -0.25) is 4.90 Å². The van der Waals surface area contributed by atoms with Crippen molar-refractivity contribution in [3.05, 3.63) is 0 Å². The van der Waals surface area contributed by atoms with Gasteiger partial charge in [0.1, 0.15) is 5.60 Å². The van der Waals surface area contributed by atoms with Crippen molar-refractivity contribution >= 4 is 23.3 Å². The van der Waals surface area contributed by atoms with Crippen molar-refractivity contribution < 1.29 is 18.3 Å². The Morgan fingerprint density at radius 1 is 1.53 bits per heavy atom. The van der Waals surface area contributed by atoms with Gasteiger partial charge in [0.2, 0.25) is 0 Å². The fourth-order valence-corrected chi connectivity index (χ4v) is 1.79. The van der Waals surface area contributed by atoms with Crippen LogP contribution in [-0.4, -0.2) is 40.1 Å². The zero-order valence-corrected chi connectivity index (χ0v) is 10.8. The lowest BCUT2D eigenvalue weighted by atomic mass is 10.2. The highest BCUT2D eigenvalue weighted by molar-refractivity contribution is 7.80. The monoisotopic (exact) mass is 266 g/mol. The Bertz CT molecular complexity index is 342. The Kier molecular flexibility index (Phi) is 3.61. The van der Waals surface area contributed by atoms with Gasteiger partial charge in [-0.1, -0.05) is 12.2 Å². The molecule has 1 fully saturated rings. The first-order valence-electron chi connectivity index (χ1n) is 5.19. The second-order valence-electron chi connectivity index (χ2n) is 5.09. The zero-order valence-electron chi connectivity index (χ0n) is 10.00. The molecule has 4 nitrogen and oxygen atoms in total. The van der Waals surface area contributed by atoms with Crippen molar-refractivity contribution in [2.24, 2.45) is 5.73 Å². The van der Waals surface area contributed by atoms with Gasteiger partial charge in [0.25, 0.3) is 5.92 Å². The van der Waals surface area contributed by atoms with Crippen molar-refractivity contribution in [2.45, 2.75) is 44.8 Å². The van der Waals surface area contributed by atoms with Crippen LogP contribution in [0.1, 0.15) is 27.2 Å². The van der Waals surface area contributed by atoms with E-state index < -0.39 is 36.6 Å². The Labute approximate surface area is 104 Å². The summed E-state index contributed by atoms with van der Waals surface area (Å²) in [6, 6.07) is -0.935. The molecule has 1 amide bonds. The third-order valence-electron chi connectivity index (χ3n) is 2.23. The molecule has 1 heterocycles. The van der Waals surface area contributed by atoms with Crippen LogP contribution in [0.2, 0.25) is 0 Å². The number of ether oxygens (including phenoxy) is 1. The molecule has 1 rings (SSSR count). The van der Waals surface area contributed by atoms with Crippen LogP contribution in [-0.2, 0) is 4.74 Å². The van der Waals surface area contributed by atoms with Gasteiger partial charge < -0.3 is 10.5 Å². The maximum absolute atomic E-state index is 13.2. The summed E-state index contributed by atoms with van der Waals surface area (Å²) in [5, 5.41) is 0. The highest BCUT2D eigenvalue weighted by Crippen LogP contribution is 2.33. The quantitative estimate of drug-likeness (QED) is 0.737. The third-order valence-corrected chi connectivity index (χ3v) is 2.50. The number of carbonyl (C=O) groups is 1. The standard InChI is InChI=1S/C10H16F2N2O2S/c1-9(2,3)16-8(15)14-5-10(11,12)4-6(14)7(13)17/h6H,4-5H2,1-3H3,(H2,13,17)/t6-/m1/s1. The Morgan fingerprint density at radius 2 is 2.06 bits per heavy atom. The normalized spacial score (nSPS) is 23.6. The van der Waals surface area contributed by atoms with Crippen LogP contribution in [0.15, 0.2) is 0 Å². The van der Waals surface area contributed by atoms with Crippen LogP contribution in [0.25, 0.3) is 0 Å². The van der Waals surface area contributed by atoms with Gasteiger partial charge in [-0.2, -0.15) is 0 Å². The molecule has 0 spiro atoms. The van der Waals surface area contributed by atoms with Gasteiger partial charge in [0.05, 0.1) is 17.6 Å². The molecule has 7 heteroatoms. The summed E-state index contributed by atoms with van der Waals surface area (Å²) in [4.78, 5) is 12.5. The minimum absolute atomic E-state index is 0.118. The maximum atomic E-state index is 13.2. The van der Waals surface area contributed by atoms with E-state index in [0.29, 0.717) is 0 Å². The van der Waals surface area contributed by atoms with E-state index >= 15 is 0 Å². The number of amides is 1. The molecule has 1 atom stereocenters. The minimum atomic E-state index is -2.97. The van der Waals surface area contributed by atoms with E-state index in [2.05, 4.69) is 0 Å². The first-order chi connectivity index (χ1) is 7.52. The van der Waals surface area contributed by atoms with Gasteiger partial charge in [-0.05, 0) is 20.8 Å². The predicted octanol–water partition coefficient (Wildman–Crippen LogP) is 1.92. The topological polar surface area (TPSA) is 55.6 Å². The molecule has 17 heavy (non-hydrogen) atoms. The van der Waals surface area contributed by atoms with Crippen LogP contribution in [0.5, 0.6) is 0 Å². The van der Waals surface area contributed by atoms with E-state index in [0.717, 1.165) is 4.90 Å². The summed E-state index contributed by atoms with van der Waals surface area (Å²) >= 11 is 4.69. The van der Waals surface area contributed by atoms with Gasteiger partial charge in [0.15, 0.2) is 0 Å². The lowest BCUT2D eigenvalue weighted by molar-refractivity contribution is -0.00209. The summed E-state index contributed by atoms with van der Waals surface area (Å²) in [5.41, 5.74) is 4.62. The van der Waals surface area contributed by atoms with Crippen molar-refractivity contribution in [3.8, 4) is 0 Å². The number of hydrogen-bond donors (Lipinski definition) is 1. The fraction of sp³-hybridized carbons (Fsp3) is 0.800. The number of likely N-dealkylation sites (tertiary alicyclic amines) is 1. The first-order valence-corrected chi connectivity index (χ1v) is 5.59. The van der Waals surface area contributed by atoms with E-state index in [1.54, 1.807) is 20.8 Å². The molecule has 0 radical (unpaired) electrons. The second kappa shape index (κ2) is 4.36. The number of hydrogen-bond acceptors (Lipinski definition) is 3. The summed E-state index contributed by atoms with van der Waals surface area (Å²) < 4.78 is 31.5. The highest BCUT2D eigenvalue weighted by Gasteiger charge is 2.49. The number of halogens is 2. The lowest BCUT2D eigenvalue weighted by Gasteiger charge is -2.27. The van der Waals surface area contributed by atoms with Crippen molar-refractivity contribution in [2.75, 3.05) is 6.54 Å². The SMILES string of the molecule is CC(C)(C)OC(=O)N1CC(F)(F)C[C@@H]1C(N)=S. The summed E-state index contributed by atoms with van der Waals surface area (Å²) in [7, 11) is 0. The average molecular weight is 266 g/mol. The Balaban J connectivity index is 2.81. The van der Waals surface area contributed by atoms with E-state index in [-0.39, 0.29) is 4.99 Å². The number of thiocarbonyl (C=S) groups is 1. The number of alkyl halides is 2. The molecule has 1 aliphatic rings. The molecule has 0 bridgehead atoms. The summed E-state index contributed by atoms with van der Waals surface area (Å²) in [6.45, 7) is 4.28. The van der Waals surface area contributed by atoms with E-state index in [1.807, 2.05) is 0 Å². The Morgan fingerprint density at radius 3 is 2.47 bits per heavy atom. The van der Waals surface area contributed by atoms with Crippen LogP contribution >= 0.6 is 12.2 Å². The molecule has 1 saturated heterocycles. The average Bonchev–Trinajstić information content (AvgIpc) is 2.38. The molecule has 2 N–H and O–H groups in total. The second-order valence-corrected chi connectivity index (χ2v) is 5.56. The molecule has 0 aromatic rings. The highest BCUT2D eigenvalue weighted by atomic mass is 32.1. The van der Waals surface area contributed by atoms with Crippen LogP contribution in [0.3, 0.4) is 0 Å². The van der Waals surface area contributed by atoms with Gasteiger partial charge >= 0.3 is 6.09 Å². The van der Waals surface area contributed by atoms with Gasteiger partial charge in [-0.15, -0.1) is 0 Å². The molecule has 0 aromatic heterocycles. The van der Waals surface area contributed by atoms with E-state index in [4.69, 9.17) is 22.7 Å². The number of nitrogens with zero attached hydrogens (tertiary/aromatic N) is 1. The number of nitrogens with two attached hydrogens (primary N) is 1. The van der Waals surface area contributed by atoms with E-state index in [9.17, 15) is 13.6 Å². The lowest BCUT2D eigenvalue weighted by Crippen LogP contribution is -2.45. The predicted molar refractivity (Wildman–Crippen MR) is 63.1 cm³/mol. The molecular formula is C10H16F2N2O2S. The molecule has 0 saturated carbocycles. The number of carbonyl (C=O) groups excluding carboxylic acids is 1. The van der Waals surface area contributed by atoms with Gasteiger partial charge in [-0.25, -0.2) is 13.6 Å². The third kappa shape index (κ3) is 3.76. The van der Waals surface area contributed by atoms with Crippen molar-refractivity contribution in [1.82, 2.24) is 4.90 Å². The Hall–Kier alpha value is -0.980. The van der Waals surface area contributed by atoms with Crippen LogP contribution in [0, 0.1) is 0 Å². The minimum Gasteiger partial charge on any atom is -0.444 e. The molecular weight excluding hydrogens is 250 g/mol. The smallest absolute Gasteiger partial charge is 0.411 e. The zero-order chi connectivity index (χ0) is 13.4. The molecule has 0 unspecified atom stereocenters. The fourth-order valence-electron chi connectivity index (χ4n) is 1.58. The van der Waals surface area contributed by atoms with Crippen LogP contribution < -0.4 is 5.73 Å². The van der Waals surface area contributed by atoms with Gasteiger partial charge in [0, 0.05) is 6.42 Å². The van der Waals surface area contributed by atoms with Crippen molar-refractivity contribution in [1.29, 1.82) is 0 Å². The molecule has 98 valence electrons. The summed E-state index contributed by atoms with van der Waals surface area (Å²) in [6.07, 6.45) is -1.35. The molecule has 1 aliphatic heterocycles.